The number of rotatable bonds is 2. The van der Waals surface area contributed by atoms with Gasteiger partial charge in [-0.05, 0) is 43.5 Å². The zero-order valence-corrected chi connectivity index (χ0v) is 12.2. The van der Waals surface area contributed by atoms with Gasteiger partial charge in [-0.3, -0.25) is 14.1 Å². The van der Waals surface area contributed by atoms with Crippen molar-refractivity contribution in [3.63, 3.8) is 0 Å². The third kappa shape index (κ3) is 2.36. The van der Waals surface area contributed by atoms with Gasteiger partial charge in [0.15, 0.2) is 0 Å². The minimum Gasteiger partial charge on any atom is -0.316 e. The van der Waals surface area contributed by atoms with E-state index in [9.17, 15) is 4.79 Å². The summed E-state index contributed by atoms with van der Waals surface area (Å²) in [6.07, 6.45) is 1.85. The van der Waals surface area contributed by atoms with Crippen molar-refractivity contribution >= 4 is 5.65 Å². The van der Waals surface area contributed by atoms with E-state index in [1.165, 1.54) is 0 Å². The van der Waals surface area contributed by atoms with Crippen molar-refractivity contribution in [1.29, 1.82) is 0 Å². The molecule has 110 valence electrons. The van der Waals surface area contributed by atoms with Crippen molar-refractivity contribution < 1.29 is 0 Å². The second-order valence-corrected chi connectivity index (χ2v) is 6.39. The maximum atomic E-state index is 12.2. The molecule has 5 heteroatoms. The van der Waals surface area contributed by atoms with Crippen LogP contribution in [-0.2, 0) is 6.54 Å². The van der Waals surface area contributed by atoms with Crippen LogP contribution in [0, 0.1) is 18.8 Å². The first kappa shape index (κ1) is 13.0. The van der Waals surface area contributed by atoms with Crippen LogP contribution in [0.15, 0.2) is 29.2 Å². The summed E-state index contributed by atoms with van der Waals surface area (Å²) in [4.78, 5) is 19.3. The fraction of sp³-hybridized carbons (Fsp3) is 0.500. The van der Waals surface area contributed by atoms with Crippen LogP contribution >= 0.6 is 0 Å². The Morgan fingerprint density at radius 1 is 1.29 bits per heavy atom. The maximum Gasteiger partial charge on any atom is 0.258 e. The second kappa shape index (κ2) is 4.93. The summed E-state index contributed by atoms with van der Waals surface area (Å²) in [6, 6.07) is 5.60. The monoisotopic (exact) mass is 284 g/mol. The van der Waals surface area contributed by atoms with Crippen molar-refractivity contribution in [3.8, 4) is 0 Å². The van der Waals surface area contributed by atoms with Gasteiger partial charge in [-0.1, -0.05) is 6.07 Å². The topological polar surface area (TPSA) is 49.6 Å². The standard InChI is InChI=1S/C16H20N4O/c1-11-2-3-15-18-14(4-16(21)20(15)7-11)10-19-8-12-5-17-6-13(12)9-19/h2-4,7,12-13,17H,5-6,8-10H2,1H3/t12-,13+. The Morgan fingerprint density at radius 2 is 2.05 bits per heavy atom. The van der Waals surface area contributed by atoms with Crippen molar-refractivity contribution in [2.24, 2.45) is 11.8 Å². The number of fused-ring (bicyclic) bond motifs is 2. The van der Waals surface area contributed by atoms with Gasteiger partial charge in [0.25, 0.3) is 5.56 Å². The van der Waals surface area contributed by atoms with Crippen LogP contribution in [0.3, 0.4) is 0 Å². The molecule has 2 aromatic rings. The lowest BCUT2D eigenvalue weighted by Crippen LogP contribution is -2.27. The van der Waals surface area contributed by atoms with Crippen LogP contribution in [0.4, 0.5) is 0 Å². The van der Waals surface area contributed by atoms with Crippen LogP contribution in [0.5, 0.6) is 0 Å². The number of nitrogens with zero attached hydrogens (tertiary/aromatic N) is 3. The van der Waals surface area contributed by atoms with Gasteiger partial charge in [0.1, 0.15) is 5.65 Å². The molecule has 0 radical (unpaired) electrons. The number of aromatic nitrogens is 2. The minimum absolute atomic E-state index is 0.0137. The number of hydrogen-bond acceptors (Lipinski definition) is 4. The summed E-state index contributed by atoms with van der Waals surface area (Å²) >= 11 is 0. The molecular formula is C16H20N4O. The van der Waals surface area contributed by atoms with Crippen LogP contribution in [0.2, 0.25) is 0 Å². The van der Waals surface area contributed by atoms with Gasteiger partial charge in [0, 0.05) is 31.9 Å². The number of hydrogen-bond donors (Lipinski definition) is 1. The molecule has 5 nitrogen and oxygen atoms in total. The minimum atomic E-state index is 0.0137. The van der Waals surface area contributed by atoms with E-state index in [2.05, 4.69) is 15.2 Å². The summed E-state index contributed by atoms with van der Waals surface area (Å²) < 4.78 is 1.63. The van der Waals surface area contributed by atoms with Crippen LogP contribution in [-0.4, -0.2) is 40.5 Å². The van der Waals surface area contributed by atoms with Crippen molar-refractivity contribution in [1.82, 2.24) is 19.6 Å². The highest BCUT2D eigenvalue weighted by Crippen LogP contribution is 2.26. The fourth-order valence-corrected chi connectivity index (χ4v) is 3.65. The predicted molar refractivity (Wildman–Crippen MR) is 81.3 cm³/mol. The Labute approximate surface area is 123 Å². The van der Waals surface area contributed by atoms with Gasteiger partial charge in [0.05, 0.1) is 5.69 Å². The number of likely N-dealkylation sites (tertiary alicyclic amines) is 1. The van der Waals surface area contributed by atoms with Crippen molar-refractivity contribution in [2.75, 3.05) is 26.2 Å². The van der Waals surface area contributed by atoms with E-state index in [1.54, 1.807) is 10.5 Å². The molecule has 0 aromatic carbocycles. The zero-order valence-electron chi connectivity index (χ0n) is 12.2. The molecule has 2 atom stereocenters. The number of pyridine rings is 1. The first-order valence-corrected chi connectivity index (χ1v) is 7.61. The molecule has 0 spiro atoms. The summed E-state index contributed by atoms with van der Waals surface area (Å²) in [6.45, 7) is 7.27. The average Bonchev–Trinajstić information content (AvgIpc) is 3.00. The third-order valence-electron chi connectivity index (χ3n) is 4.71. The van der Waals surface area contributed by atoms with E-state index in [1.807, 2.05) is 25.3 Å². The smallest absolute Gasteiger partial charge is 0.258 e. The highest BCUT2D eigenvalue weighted by atomic mass is 16.1. The van der Waals surface area contributed by atoms with Gasteiger partial charge >= 0.3 is 0 Å². The lowest BCUT2D eigenvalue weighted by Gasteiger charge is -2.16. The molecule has 2 aromatic heterocycles. The molecule has 21 heavy (non-hydrogen) atoms. The molecular weight excluding hydrogens is 264 g/mol. The molecule has 0 bridgehead atoms. The molecule has 2 aliphatic rings. The van der Waals surface area contributed by atoms with E-state index in [4.69, 9.17) is 0 Å². The molecule has 0 amide bonds. The summed E-state index contributed by atoms with van der Waals surface area (Å²) in [5, 5.41) is 3.45. The number of nitrogens with one attached hydrogen (secondary N) is 1. The lowest BCUT2D eigenvalue weighted by atomic mass is 10.0. The van der Waals surface area contributed by atoms with Crippen molar-refractivity contribution in [3.05, 3.63) is 46.0 Å². The Kier molecular flexibility index (Phi) is 3.05. The van der Waals surface area contributed by atoms with Gasteiger partial charge < -0.3 is 5.32 Å². The summed E-state index contributed by atoms with van der Waals surface area (Å²) in [5.41, 5.74) is 2.71. The second-order valence-electron chi connectivity index (χ2n) is 6.39. The molecule has 2 aliphatic heterocycles. The molecule has 0 unspecified atom stereocenters. The van der Waals surface area contributed by atoms with E-state index in [0.717, 1.165) is 61.5 Å². The van der Waals surface area contributed by atoms with Crippen molar-refractivity contribution in [2.45, 2.75) is 13.5 Å². The van der Waals surface area contributed by atoms with E-state index in [-0.39, 0.29) is 5.56 Å². The van der Waals surface area contributed by atoms with E-state index < -0.39 is 0 Å². The molecule has 2 fully saturated rings. The maximum absolute atomic E-state index is 12.2. The van der Waals surface area contributed by atoms with Gasteiger partial charge in [-0.2, -0.15) is 0 Å². The molecule has 4 heterocycles. The highest BCUT2D eigenvalue weighted by molar-refractivity contribution is 5.39. The Balaban J connectivity index is 1.60. The lowest BCUT2D eigenvalue weighted by molar-refractivity contribution is 0.302. The van der Waals surface area contributed by atoms with Gasteiger partial charge in [0.2, 0.25) is 0 Å². The zero-order chi connectivity index (χ0) is 14.4. The van der Waals surface area contributed by atoms with Crippen LogP contribution < -0.4 is 10.9 Å². The molecule has 1 N–H and O–H groups in total. The first-order chi connectivity index (χ1) is 10.2. The number of aryl methyl sites for hydroxylation is 1. The van der Waals surface area contributed by atoms with Crippen LogP contribution in [0.25, 0.3) is 5.65 Å². The fourth-order valence-electron chi connectivity index (χ4n) is 3.65. The highest BCUT2D eigenvalue weighted by Gasteiger charge is 2.35. The molecule has 4 rings (SSSR count). The van der Waals surface area contributed by atoms with E-state index in [0.29, 0.717) is 0 Å². The third-order valence-corrected chi connectivity index (χ3v) is 4.71. The predicted octanol–water partition coefficient (Wildman–Crippen LogP) is 0.654. The Morgan fingerprint density at radius 3 is 2.81 bits per heavy atom. The molecule has 0 aliphatic carbocycles. The SMILES string of the molecule is Cc1ccc2nc(CN3C[C@H]4CNC[C@H]4C3)cc(=O)n2c1. The van der Waals surface area contributed by atoms with E-state index >= 15 is 0 Å². The average molecular weight is 284 g/mol. The quantitative estimate of drug-likeness (QED) is 0.880. The summed E-state index contributed by atoms with van der Waals surface area (Å²) in [7, 11) is 0. The first-order valence-electron chi connectivity index (χ1n) is 7.61. The Hall–Kier alpha value is -1.72. The van der Waals surface area contributed by atoms with Crippen LogP contribution in [0.1, 0.15) is 11.3 Å². The normalized spacial score (nSPS) is 25.6. The van der Waals surface area contributed by atoms with Gasteiger partial charge in [-0.15, -0.1) is 0 Å². The Bertz CT molecular complexity index is 727. The van der Waals surface area contributed by atoms with Gasteiger partial charge in [-0.25, -0.2) is 4.98 Å². The molecule has 0 saturated carbocycles. The molecule has 2 saturated heterocycles. The summed E-state index contributed by atoms with van der Waals surface area (Å²) in [5.74, 6) is 1.54. The largest absolute Gasteiger partial charge is 0.316 e.